The maximum absolute atomic E-state index is 9.46. The van der Waals surface area contributed by atoms with Gasteiger partial charge in [0.25, 0.3) is 0 Å². The number of aliphatic hydroxyl groups is 1. The van der Waals surface area contributed by atoms with E-state index >= 15 is 0 Å². The van der Waals surface area contributed by atoms with Crippen LogP contribution in [0, 0.1) is 5.92 Å². The molecule has 3 heterocycles. The van der Waals surface area contributed by atoms with E-state index in [1.165, 1.54) is 0 Å². The molecule has 1 aliphatic carbocycles. The van der Waals surface area contributed by atoms with E-state index in [0.29, 0.717) is 52.2 Å². The number of hydrogen-bond acceptors (Lipinski definition) is 8. The van der Waals surface area contributed by atoms with Crippen molar-refractivity contribution < 1.29 is 14.3 Å². The van der Waals surface area contributed by atoms with Gasteiger partial charge in [-0.15, -0.1) is 0 Å². The van der Waals surface area contributed by atoms with E-state index in [-0.39, 0.29) is 12.6 Å². The molecule has 1 aliphatic heterocycles. The highest BCUT2D eigenvalue weighted by Gasteiger charge is 2.28. The molecule has 4 rings (SSSR count). The van der Waals surface area contributed by atoms with Crippen LogP contribution in [0.2, 0.25) is 5.15 Å². The lowest BCUT2D eigenvalue weighted by atomic mass is 10.1. The van der Waals surface area contributed by atoms with Crippen molar-refractivity contribution in [3.8, 4) is 11.3 Å². The van der Waals surface area contributed by atoms with Crippen molar-refractivity contribution in [1.29, 1.82) is 0 Å². The van der Waals surface area contributed by atoms with Crippen molar-refractivity contribution in [3.05, 3.63) is 34.5 Å². The number of hydrogen-bond donors (Lipinski definition) is 3. The minimum absolute atomic E-state index is 0.206. The number of aliphatic imine (C=N–C) groups is 1. The molecular weight excluding hydrogens is 406 g/mol. The van der Waals surface area contributed by atoms with Crippen molar-refractivity contribution in [2.45, 2.75) is 38.6 Å². The number of fused-ring (bicyclic) bond motifs is 1. The fraction of sp³-hybridized carbons (Fsp3) is 0.476. The minimum Gasteiger partial charge on any atom is -0.481 e. The molecule has 3 N–H and O–H groups in total. The number of aliphatic hydroxyl groups excluding tert-OH is 1. The second-order valence-corrected chi connectivity index (χ2v) is 7.99. The number of allylic oxidation sites excluding steroid dienone is 1. The standard InChI is InChI=1S/C21H26ClN5O3/c1-11-18-13(5-7-16(24-11)29-3)9-15(30-18)17-19(22)26-21(23-2)27-20(17)25-14-6-4-12(8-14)10-28/h7,9,12,14,28H,4-6,8,10H2,1-3H3,(H2,23,25,26,27). The summed E-state index contributed by atoms with van der Waals surface area (Å²) in [5.74, 6) is 3.23. The molecule has 0 spiro atoms. The maximum atomic E-state index is 9.46. The van der Waals surface area contributed by atoms with Gasteiger partial charge in [0.05, 0.1) is 18.4 Å². The number of furan rings is 1. The predicted molar refractivity (Wildman–Crippen MR) is 117 cm³/mol. The SMILES string of the molecule is CNc1nc(Cl)c(-c2cc3c(o2)C(C)=NC(OC)=CC3)c(NC2CCC(CO)C2)n1. The molecular formula is C21H26ClN5O3. The summed E-state index contributed by atoms with van der Waals surface area (Å²) >= 11 is 6.57. The Morgan fingerprint density at radius 3 is 2.87 bits per heavy atom. The topological polar surface area (TPSA) is 105 Å². The van der Waals surface area contributed by atoms with E-state index < -0.39 is 0 Å². The van der Waals surface area contributed by atoms with Crippen LogP contribution in [-0.4, -0.2) is 47.6 Å². The number of methoxy groups -OCH3 is 1. The number of nitrogens with one attached hydrogen (secondary N) is 2. The van der Waals surface area contributed by atoms with Crippen molar-refractivity contribution >= 4 is 29.1 Å². The van der Waals surface area contributed by atoms with Crippen LogP contribution in [0.4, 0.5) is 11.8 Å². The highest BCUT2D eigenvalue weighted by molar-refractivity contribution is 6.32. The van der Waals surface area contributed by atoms with Gasteiger partial charge < -0.3 is 24.9 Å². The molecule has 8 nitrogen and oxygen atoms in total. The molecule has 2 atom stereocenters. The van der Waals surface area contributed by atoms with Gasteiger partial charge in [-0.2, -0.15) is 4.98 Å². The number of ether oxygens (including phenoxy) is 1. The predicted octanol–water partition coefficient (Wildman–Crippen LogP) is 3.86. The van der Waals surface area contributed by atoms with E-state index in [1.54, 1.807) is 14.2 Å². The lowest BCUT2D eigenvalue weighted by Crippen LogP contribution is -2.18. The Labute approximate surface area is 180 Å². The van der Waals surface area contributed by atoms with Gasteiger partial charge in [-0.05, 0) is 50.7 Å². The molecule has 1 fully saturated rings. The van der Waals surface area contributed by atoms with E-state index in [1.807, 2.05) is 19.1 Å². The molecule has 1 saturated carbocycles. The quantitative estimate of drug-likeness (QED) is 0.596. The Kier molecular flexibility index (Phi) is 5.97. The van der Waals surface area contributed by atoms with Crippen LogP contribution >= 0.6 is 11.6 Å². The molecule has 9 heteroatoms. The number of rotatable bonds is 6. The molecule has 0 saturated heterocycles. The van der Waals surface area contributed by atoms with Gasteiger partial charge in [-0.3, -0.25) is 0 Å². The summed E-state index contributed by atoms with van der Waals surface area (Å²) in [6, 6.07) is 2.17. The van der Waals surface area contributed by atoms with Crippen LogP contribution in [0.15, 0.2) is 27.4 Å². The third kappa shape index (κ3) is 4.02. The molecule has 0 aromatic carbocycles. The third-order valence-corrected chi connectivity index (χ3v) is 5.87. The summed E-state index contributed by atoms with van der Waals surface area (Å²) in [6.07, 6.45) is 5.40. The summed E-state index contributed by atoms with van der Waals surface area (Å²) in [5.41, 5.74) is 2.36. The average molecular weight is 432 g/mol. The van der Waals surface area contributed by atoms with Crippen molar-refractivity contribution in [3.63, 3.8) is 0 Å². The Morgan fingerprint density at radius 1 is 1.33 bits per heavy atom. The first kappa shape index (κ1) is 20.7. The van der Waals surface area contributed by atoms with Crippen LogP contribution in [-0.2, 0) is 11.2 Å². The fourth-order valence-electron chi connectivity index (χ4n) is 4.03. The van der Waals surface area contributed by atoms with Gasteiger partial charge in [0.15, 0.2) is 5.76 Å². The van der Waals surface area contributed by atoms with E-state index in [9.17, 15) is 5.11 Å². The van der Waals surface area contributed by atoms with Crippen LogP contribution in [0.5, 0.6) is 0 Å². The van der Waals surface area contributed by atoms with Gasteiger partial charge in [-0.1, -0.05) is 11.6 Å². The summed E-state index contributed by atoms with van der Waals surface area (Å²) in [4.78, 5) is 13.4. The lowest BCUT2D eigenvalue weighted by molar-refractivity contribution is 0.229. The van der Waals surface area contributed by atoms with E-state index in [0.717, 1.165) is 30.5 Å². The van der Waals surface area contributed by atoms with Gasteiger partial charge in [-0.25, -0.2) is 9.98 Å². The largest absolute Gasteiger partial charge is 0.481 e. The second-order valence-electron chi connectivity index (χ2n) is 7.63. The van der Waals surface area contributed by atoms with Crippen molar-refractivity contribution in [2.24, 2.45) is 10.9 Å². The molecule has 0 amide bonds. The molecule has 2 unspecified atom stereocenters. The number of aromatic nitrogens is 2. The summed E-state index contributed by atoms with van der Waals surface area (Å²) in [5, 5.41) is 16.2. The van der Waals surface area contributed by atoms with Gasteiger partial charge >= 0.3 is 0 Å². The molecule has 30 heavy (non-hydrogen) atoms. The van der Waals surface area contributed by atoms with E-state index in [2.05, 4.69) is 25.6 Å². The summed E-state index contributed by atoms with van der Waals surface area (Å²) < 4.78 is 11.5. The Bertz CT molecular complexity index is 1000. The first-order valence-corrected chi connectivity index (χ1v) is 10.5. The van der Waals surface area contributed by atoms with Crippen LogP contribution in [0.1, 0.15) is 37.5 Å². The van der Waals surface area contributed by atoms with Crippen LogP contribution < -0.4 is 10.6 Å². The Morgan fingerprint density at radius 2 is 2.17 bits per heavy atom. The van der Waals surface area contributed by atoms with Gasteiger partial charge in [0, 0.05) is 25.3 Å². The molecule has 0 bridgehead atoms. The summed E-state index contributed by atoms with van der Waals surface area (Å²) in [6.45, 7) is 2.09. The molecule has 160 valence electrons. The molecule has 2 aromatic heterocycles. The van der Waals surface area contributed by atoms with Crippen LogP contribution in [0.25, 0.3) is 11.3 Å². The zero-order chi connectivity index (χ0) is 21.3. The number of anilines is 2. The Balaban J connectivity index is 1.72. The number of halogens is 1. The second kappa shape index (κ2) is 8.65. The third-order valence-electron chi connectivity index (χ3n) is 5.60. The lowest BCUT2D eigenvalue weighted by Gasteiger charge is -2.17. The normalized spacial score (nSPS) is 20.8. The van der Waals surface area contributed by atoms with Crippen molar-refractivity contribution in [1.82, 2.24) is 9.97 Å². The van der Waals surface area contributed by atoms with Crippen molar-refractivity contribution in [2.75, 3.05) is 31.4 Å². The zero-order valence-corrected chi connectivity index (χ0v) is 18.1. The highest BCUT2D eigenvalue weighted by Crippen LogP contribution is 2.39. The number of nitrogens with zero attached hydrogens (tertiary/aromatic N) is 3. The average Bonchev–Trinajstić information content (AvgIpc) is 3.34. The van der Waals surface area contributed by atoms with Crippen LogP contribution in [0.3, 0.4) is 0 Å². The molecule has 0 radical (unpaired) electrons. The molecule has 2 aromatic rings. The fourth-order valence-corrected chi connectivity index (χ4v) is 4.29. The maximum Gasteiger partial charge on any atom is 0.225 e. The first-order chi connectivity index (χ1) is 14.5. The monoisotopic (exact) mass is 431 g/mol. The zero-order valence-electron chi connectivity index (χ0n) is 17.3. The highest BCUT2D eigenvalue weighted by atomic mass is 35.5. The summed E-state index contributed by atoms with van der Waals surface area (Å²) in [7, 11) is 3.35. The molecule has 2 aliphatic rings. The van der Waals surface area contributed by atoms with E-state index in [4.69, 9.17) is 20.8 Å². The first-order valence-electron chi connectivity index (χ1n) is 10.1. The van der Waals surface area contributed by atoms with Gasteiger partial charge in [0.1, 0.15) is 16.7 Å². The smallest absolute Gasteiger partial charge is 0.225 e. The Hall–Kier alpha value is -2.58. The minimum atomic E-state index is 0.206. The van der Waals surface area contributed by atoms with Gasteiger partial charge in [0.2, 0.25) is 11.8 Å².